The molecular weight excluding hydrogens is 254 g/mol. The van der Waals surface area contributed by atoms with Gasteiger partial charge in [0.25, 0.3) is 0 Å². The van der Waals surface area contributed by atoms with Crippen molar-refractivity contribution in [3.05, 3.63) is 29.3 Å². The van der Waals surface area contributed by atoms with Crippen LogP contribution in [0.5, 0.6) is 5.75 Å². The lowest BCUT2D eigenvalue weighted by Crippen LogP contribution is -2.41. The Morgan fingerprint density at radius 2 is 2.05 bits per heavy atom. The maximum Gasteiger partial charge on any atom is 0.223 e. The average molecular weight is 279 g/mol. The lowest BCUT2D eigenvalue weighted by Gasteiger charge is -2.20. The molecule has 0 bridgehead atoms. The summed E-state index contributed by atoms with van der Waals surface area (Å²) < 4.78 is 5.64. The van der Waals surface area contributed by atoms with Gasteiger partial charge in [-0.1, -0.05) is 26.0 Å². The summed E-state index contributed by atoms with van der Waals surface area (Å²) in [4.78, 5) is 11.8. The maximum atomic E-state index is 11.8. The minimum atomic E-state index is -0.191. The van der Waals surface area contributed by atoms with Crippen molar-refractivity contribution < 1.29 is 14.6 Å². The van der Waals surface area contributed by atoms with Crippen molar-refractivity contribution in [3.63, 3.8) is 0 Å². The summed E-state index contributed by atoms with van der Waals surface area (Å²) in [7, 11) is 0. The molecule has 0 aliphatic carbocycles. The van der Waals surface area contributed by atoms with Gasteiger partial charge >= 0.3 is 0 Å². The SMILES string of the molecule is Cc1ccc(C)c(OCCC(=O)NC(CO)C(C)C)c1. The molecule has 0 saturated carbocycles. The molecule has 4 nitrogen and oxygen atoms in total. The van der Waals surface area contributed by atoms with Crippen LogP contribution in [0.1, 0.15) is 31.4 Å². The van der Waals surface area contributed by atoms with Gasteiger partial charge in [0.1, 0.15) is 5.75 Å². The summed E-state index contributed by atoms with van der Waals surface area (Å²) in [6, 6.07) is 5.82. The van der Waals surface area contributed by atoms with E-state index in [1.165, 1.54) is 0 Å². The van der Waals surface area contributed by atoms with Gasteiger partial charge in [-0.05, 0) is 37.0 Å². The first kappa shape index (κ1) is 16.5. The molecule has 0 saturated heterocycles. The maximum absolute atomic E-state index is 11.8. The van der Waals surface area contributed by atoms with Gasteiger partial charge < -0.3 is 15.2 Å². The van der Waals surface area contributed by atoms with E-state index in [1.807, 2.05) is 45.9 Å². The molecule has 0 heterocycles. The Kier molecular flexibility index (Phi) is 6.52. The number of ether oxygens (including phenoxy) is 1. The Bertz CT molecular complexity index is 443. The van der Waals surface area contributed by atoms with Crippen LogP contribution < -0.4 is 10.1 Å². The van der Waals surface area contributed by atoms with Crippen LogP contribution in [0.4, 0.5) is 0 Å². The molecule has 1 unspecified atom stereocenters. The molecule has 1 atom stereocenters. The second-order valence-corrected chi connectivity index (χ2v) is 5.47. The molecule has 0 spiro atoms. The third-order valence-electron chi connectivity index (χ3n) is 3.28. The molecule has 112 valence electrons. The molecule has 1 rings (SSSR count). The molecule has 0 aromatic heterocycles. The van der Waals surface area contributed by atoms with Crippen LogP contribution in [0.3, 0.4) is 0 Å². The third kappa shape index (κ3) is 5.21. The highest BCUT2D eigenvalue weighted by molar-refractivity contribution is 5.76. The number of nitrogens with one attached hydrogen (secondary N) is 1. The Balaban J connectivity index is 2.40. The van der Waals surface area contributed by atoms with E-state index in [0.717, 1.165) is 16.9 Å². The van der Waals surface area contributed by atoms with Crippen LogP contribution in [0.2, 0.25) is 0 Å². The van der Waals surface area contributed by atoms with Gasteiger partial charge in [0.15, 0.2) is 0 Å². The fourth-order valence-electron chi connectivity index (χ4n) is 1.82. The standard InChI is InChI=1S/C16H25NO3/c1-11(2)14(10-18)17-16(19)7-8-20-15-9-12(3)5-6-13(15)4/h5-6,9,11,14,18H,7-8,10H2,1-4H3,(H,17,19). The van der Waals surface area contributed by atoms with E-state index in [4.69, 9.17) is 9.84 Å². The van der Waals surface area contributed by atoms with Gasteiger partial charge in [0.2, 0.25) is 5.91 Å². The summed E-state index contributed by atoms with van der Waals surface area (Å²) in [5, 5.41) is 12.0. The first-order chi connectivity index (χ1) is 9.43. The monoisotopic (exact) mass is 279 g/mol. The predicted molar refractivity (Wildman–Crippen MR) is 79.9 cm³/mol. The van der Waals surface area contributed by atoms with Gasteiger partial charge in [-0.3, -0.25) is 4.79 Å². The first-order valence-corrected chi connectivity index (χ1v) is 7.04. The fourth-order valence-corrected chi connectivity index (χ4v) is 1.82. The number of carbonyl (C=O) groups excluding carboxylic acids is 1. The van der Waals surface area contributed by atoms with E-state index in [0.29, 0.717) is 6.61 Å². The number of rotatable bonds is 7. The first-order valence-electron chi connectivity index (χ1n) is 7.04. The normalized spacial score (nSPS) is 12.3. The van der Waals surface area contributed by atoms with E-state index in [1.54, 1.807) is 0 Å². The number of amides is 1. The summed E-state index contributed by atoms with van der Waals surface area (Å²) in [5.74, 6) is 0.937. The molecule has 2 N–H and O–H groups in total. The van der Waals surface area contributed by atoms with E-state index in [-0.39, 0.29) is 30.9 Å². The number of aliphatic hydroxyl groups is 1. The summed E-state index contributed by atoms with van der Waals surface area (Å²) >= 11 is 0. The second kappa shape index (κ2) is 7.90. The largest absolute Gasteiger partial charge is 0.493 e. The molecule has 4 heteroatoms. The second-order valence-electron chi connectivity index (χ2n) is 5.47. The number of benzene rings is 1. The number of carbonyl (C=O) groups is 1. The van der Waals surface area contributed by atoms with E-state index in [2.05, 4.69) is 5.32 Å². The number of aliphatic hydroxyl groups excluding tert-OH is 1. The molecular formula is C16H25NO3. The van der Waals surface area contributed by atoms with Crippen molar-refractivity contribution in [2.45, 2.75) is 40.2 Å². The summed E-state index contributed by atoms with van der Waals surface area (Å²) in [6.45, 7) is 8.22. The molecule has 1 amide bonds. The number of hydrogen-bond acceptors (Lipinski definition) is 3. The van der Waals surface area contributed by atoms with Crippen LogP contribution in [0, 0.1) is 19.8 Å². The zero-order valence-corrected chi connectivity index (χ0v) is 12.8. The number of hydrogen-bond donors (Lipinski definition) is 2. The third-order valence-corrected chi connectivity index (χ3v) is 3.28. The highest BCUT2D eigenvalue weighted by Gasteiger charge is 2.14. The van der Waals surface area contributed by atoms with Crippen molar-refractivity contribution in [1.82, 2.24) is 5.32 Å². The van der Waals surface area contributed by atoms with Crippen molar-refractivity contribution in [3.8, 4) is 5.75 Å². The smallest absolute Gasteiger partial charge is 0.223 e. The van der Waals surface area contributed by atoms with E-state index < -0.39 is 0 Å². The zero-order valence-electron chi connectivity index (χ0n) is 12.8. The minimum absolute atomic E-state index is 0.0404. The molecule has 20 heavy (non-hydrogen) atoms. The molecule has 0 aliphatic heterocycles. The minimum Gasteiger partial charge on any atom is -0.493 e. The Morgan fingerprint density at radius 1 is 1.35 bits per heavy atom. The van der Waals surface area contributed by atoms with Crippen LogP contribution in [-0.2, 0) is 4.79 Å². The molecule has 0 aliphatic rings. The highest BCUT2D eigenvalue weighted by atomic mass is 16.5. The molecule has 1 aromatic carbocycles. The topological polar surface area (TPSA) is 58.6 Å². The molecule has 0 radical (unpaired) electrons. The Hall–Kier alpha value is -1.55. The summed E-state index contributed by atoms with van der Waals surface area (Å²) in [6.07, 6.45) is 0.288. The van der Waals surface area contributed by atoms with Gasteiger partial charge in [-0.25, -0.2) is 0 Å². The van der Waals surface area contributed by atoms with Gasteiger partial charge in [-0.15, -0.1) is 0 Å². The van der Waals surface area contributed by atoms with Gasteiger partial charge in [-0.2, -0.15) is 0 Å². The Labute approximate surface area is 121 Å². The van der Waals surface area contributed by atoms with Crippen LogP contribution in [-0.4, -0.2) is 30.3 Å². The average Bonchev–Trinajstić information content (AvgIpc) is 2.39. The zero-order chi connectivity index (χ0) is 15.1. The van der Waals surface area contributed by atoms with E-state index in [9.17, 15) is 4.79 Å². The highest BCUT2D eigenvalue weighted by Crippen LogP contribution is 2.19. The van der Waals surface area contributed by atoms with Crippen molar-refractivity contribution in [2.75, 3.05) is 13.2 Å². The van der Waals surface area contributed by atoms with Crippen LogP contribution >= 0.6 is 0 Å². The lowest BCUT2D eigenvalue weighted by atomic mass is 10.1. The quantitative estimate of drug-likeness (QED) is 0.804. The van der Waals surface area contributed by atoms with Gasteiger partial charge in [0, 0.05) is 0 Å². The molecule has 0 fully saturated rings. The Morgan fingerprint density at radius 3 is 2.65 bits per heavy atom. The molecule has 1 aromatic rings. The van der Waals surface area contributed by atoms with E-state index >= 15 is 0 Å². The predicted octanol–water partition coefficient (Wildman–Crippen LogP) is 2.21. The lowest BCUT2D eigenvalue weighted by molar-refractivity contribution is -0.122. The summed E-state index contributed by atoms with van der Waals surface area (Å²) in [5.41, 5.74) is 2.20. The van der Waals surface area contributed by atoms with Crippen molar-refractivity contribution >= 4 is 5.91 Å². The van der Waals surface area contributed by atoms with Crippen molar-refractivity contribution in [2.24, 2.45) is 5.92 Å². The van der Waals surface area contributed by atoms with Crippen molar-refractivity contribution in [1.29, 1.82) is 0 Å². The van der Waals surface area contributed by atoms with Crippen LogP contribution in [0.15, 0.2) is 18.2 Å². The fraction of sp³-hybridized carbons (Fsp3) is 0.562. The van der Waals surface area contributed by atoms with Gasteiger partial charge in [0.05, 0.1) is 25.7 Å². The van der Waals surface area contributed by atoms with Crippen LogP contribution in [0.25, 0.3) is 0 Å². The number of aryl methyl sites for hydroxylation is 2.